The molecule has 26 heavy (non-hydrogen) atoms. The molecule has 5 nitrogen and oxygen atoms in total. The van der Waals surface area contributed by atoms with E-state index in [1.54, 1.807) is 11.8 Å². The molecule has 1 aromatic rings. The number of hydrogen-bond donors (Lipinski definition) is 0. The van der Waals surface area contributed by atoms with Crippen LogP contribution in [0.5, 0.6) is 0 Å². The summed E-state index contributed by atoms with van der Waals surface area (Å²) in [5.74, 6) is -0.685. The molecule has 0 saturated carbocycles. The molecule has 0 N–H and O–H groups in total. The molecule has 0 saturated heterocycles. The average Bonchev–Trinajstić information content (AvgIpc) is 2.58. The normalized spacial score (nSPS) is 12.8. The first-order valence-corrected chi connectivity index (χ1v) is 9.18. The summed E-state index contributed by atoms with van der Waals surface area (Å²) >= 11 is 0. The highest BCUT2D eigenvalue weighted by Gasteiger charge is 2.23. The smallest absolute Gasteiger partial charge is 0.310 e. The Labute approximate surface area is 158 Å². The molecule has 0 radical (unpaired) electrons. The third kappa shape index (κ3) is 6.79. The van der Waals surface area contributed by atoms with Crippen molar-refractivity contribution in [2.45, 2.75) is 39.5 Å². The van der Waals surface area contributed by atoms with Crippen LogP contribution < -0.4 is 0 Å². The molecule has 0 heterocycles. The molecule has 0 aliphatic rings. The van der Waals surface area contributed by atoms with Gasteiger partial charge in [0.25, 0.3) is 5.91 Å². The van der Waals surface area contributed by atoms with E-state index in [0.29, 0.717) is 18.7 Å². The van der Waals surface area contributed by atoms with Crippen LogP contribution >= 0.6 is 0 Å². The Hall–Kier alpha value is -1.88. The van der Waals surface area contributed by atoms with E-state index in [-0.39, 0.29) is 23.2 Å². The van der Waals surface area contributed by atoms with Crippen LogP contribution in [0.2, 0.25) is 0 Å². The first-order chi connectivity index (χ1) is 12.1. The van der Waals surface area contributed by atoms with Crippen LogP contribution in [0, 0.1) is 5.92 Å². The fraction of sp³-hybridized carbons (Fsp3) is 0.619. The van der Waals surface area contributed by atoms with E-state index in [1.807, 2.05) is 38.4 Å². The number of benzene rings is 1. The molecular weight excluding hydrogens is 328 g/mol. The van der Waals surface area contributed by atoms with Crippen molar-refractivity contribution < 1.29 is 14.3 Å². The number of nitrogens with zero attached hydrogens (tertiary/aromatic N) is 2. The maximum atomic E-state index is 13.0. The summed E-state index contributed by atoms with van der Waals surface area (Å²) in [4.78, 5) is 28.6. The number of carbonyl (C=O) groups excluding carboxylic acids is 2. The number of methoxy groups -OCH3 is 1. The lowest BCUT2D eigenvalue weighted by molar-refractivity contribution is -0.145. The van der Waals surface area contributed by atoms with Crippen molar-refractivity contribution in [2.24, 2.45) is 5.92 Å². The molecule has 0 spiro atoms. The van der Waals surface area contributed by atoms with E-state index in [9.17, 15) is 9.59 Å². The first-order valence-electron chi connectivity index (χ1n) is 9.18. The van der Waals surface area contributed by atoms with Crippen LogP contribution in [0.3, 0.4) is 0 Å². The minimum atomic E-state index is -0.350. The minimum absolute atomic E-state index is 0.0417. The molecule has 0 fully saturated rings. The van der Waals surface area contributed by atoms with Crippen molar-refractivity contribution in [1.29, 1.82) is 0 Å². The first kappa shape index (κ1) is 22.2. The Balaban J connectivity index is 2.92. The summed E-state index contributed by atoms with van der Waals surface area (Å²) in [5.41, 5.74) is 1.89. The van der Waals surface area contributed by atoms with Crippen LogP contribution in [0.15, 0.2) is 24.3 Å². The zero-order valence-corrected chi connectivity index (χ0v) is 17.3. The fourth-order valence-electron chi connectivity index (χ4n) is 2.76. The van der Waals surface area contributed by atoms with Crippen LogP contribution in [-0.4, -0.2) is 62.5 Å². The lowest BCUT2D eigenvalue weighted by Gasteiger charge is -2.26. The fourth-order valence-corrected chi connectivity index (χ4v) is 2.76. The van der Waals surface area contributed by atoms with E-state index < -0.39 is 0 Å². The topological polar surface area (TPSA) is 49.9 Å². The molecule has 1 atom stereocenters. The highest BCUT2D eigenvalue weighted by Crippen LogP contribution is 2.22. The lowest BCUT2D eigenvalue weighted by atomic mass is 9.86. The molecule has 1 amide bonds. The number of hydrogen-bond acceptors (Lipinski definition) is 4. The van der Waals surface area contributed by atoms with Gasteiger partial charge in [-0.1, -0.05) is 39.8 Å². The van der Waals surface area contributed by atoms with Crippen molar-refractivity contribution in [3.63, 3.8) is 0 Å². The molecule has 1 unspecified atom stereocenters. The zero-order chi connectivity index (χ0) is 19.9. The summed E-state index contributed by atoms with van der Waals surface area (Å²) in [6, 6.07) is 7.78. The lowest BCUT2D eigenvalue weighted by Crippen LogP contribution is -2.38. The predicted octanol–water partition coefficient (Wildman–Crippen LogP) is 3.19. The van der Waals surface area contributed by atoms with Gasteiger partial charge in [0, 0.05) is 18.7 Å². The summed E-state index contributed by atoms with van der Waals surface area (Å²) in [6.07, 6.45) is 0.854. The van der Waals surface area contributed by atoms with Crippen molar-refractivity contribution in [3.05, 3.63) is 35.4 Å². The van der Waals surface area contributed by atoms with Crippen LogP contribution in [-0.2, 0) is 14.9 Å². The second-order valence-corrected chi connectivity index (χ2v) is 8.16. The third-order valence-electron chi connectivity index (χ3n) is 4.42. The molecule has 0 bridgehead atoms. The zero-order valence-electron chi connectivity index (χ0n) is 17.3. The number of carbonyl (C=O) groups is 2. The third-order valence-corrected chi connectivity index (χ3v) is 4.42. The van der Waals surface area contributed by atoms with Gasteiger partial charge in [0.05, 0.1) is 13.0 Å². The van der Waals surface area contributed by atoms with Gasteiger partial charge in [-0.15, -0.1) is 0 Å². The largest absolute Gasteiger partial charge is 0.469 e. The van der Waals surface area contributed by atoms with Crippen molar-refractivity contribution in [2.75, 3.05) is 40.8 Å². The van der Waals surface area contributed by atoms with Gasteiger partial charge in [0.15, 0.2) is 0 Å². The van der Waals surface area contributed by atoms with Crippen LogP contribution in [0.25, 0.3) is 0 Å². The number of amides is 1. The highest BCUT2D eigenvalue weighted by molar-refractivity contribution is 5.94. The number of rotatable bonds is 8. The summed E-state index contributed by atoms with van der Waals surface area (Å²) < 4.78 is 4.81. The van der Waals surface area contributed by atoms with Gasteiger partial charge in [-0.2, -0.15) is 0 Å². The van der Waals surface area contributed by atoms with Crippen molar-refractivity contribution >= 4 is 11.9 Å². The Bertz CT molecular complexity index is 588. The van der Waals surface area contributed by atoms with Crippen LogP contribution in [0.4, 0.5) is 0 Å². The maximum absolute atomic E-state index is 13.0. The summed E-state index contributed by atoms with van der Waals surface area (Å²) in [5, 5.41) is 0. The Morgan fingerprint density at radius 1 is 1.08 bits per heavy atom. The molecular formula is C21H34N2O3. The molecule has 0 aliphatic carbocycles. The van der Waals surface area contributed by atoms with E-state index in [2.05, 4.69) is 25.7 Å². The second kappa shape index (κ2) is 9.72. The molecule has 1 aromatic carbocycles. The monoisotopic (exact) mass is 362 g/mol. The van der Waals surface area contributed by atoms with Gasteiger partial charge >= 0.3 is 5.97 Å². The van der Waals surface area contributed by atoms with Gasteiger partial charge in [-0.3, -0.25) is 9.59 Å². The van der Waals surface area contributed by atoms with Crippen LogP contribution in [0.1, 0.15) is 50.0 Å². The van der Waals surface area contributed by atoms with E-state index >= 15 is 0 Å². The SMILES string of the molecule is COC(=O)C(C)CN(CCCN(C)C)C(=O)c1ccc(C(C)(C)C)cc1. The molecule has 1 rings (SSSR count). The van der Waals surface area contributed by atoms with Gasteiger partial charge in [-0.25, -0.2) is 0 Å². The average molecular weight is 363 g/mol. The Morgan fingerprint density at radius 3 is 2.12 bits per heavy atom. The van der Waals surface area contributed by atoms with Crippen molar-refractivity contribution in [1.82, 2.24) is 9.80 Å². The van der Waals surface area contributed by atoms with E-state index in [1.165, 1.54) is 12.7 Å². The molecule has 0 aliphatic heterocycles. The van der Waals surface area contributed by atoms with Gasteiger partial charge < -0.3 is 14.5 Å². The predicted molar refractivity (Wildman–Crippen MR) is 105 cm³/mol. The molecule has 146 valence electrons. The van der Waals surface area contributed by atoms with Crippen molar-refractivity contribution in [3.8, 4) is 0 Å². The summed E-state index contributed by atoms with van der Waals surface area (Å²) in [7, 11) is 5.39. The maximum Gasteiger partial charge on any atom is 0.310 e. The van der Waals surface area contributed by atoms with Gasteiger partial charge in [-0.05, 0) is 50.2 Å². The van der Waals surface area contributed by atoms with E-state index in [0.717, 1.165) is 13.0 Å². The minimum Gasteiger partial charge on any atom is -0.469 e. The molecule has 5 heteroatoms. The van der Waals surface area contributed by atoms with Gasteiger partial charge in [0.2, 0.25) is 0 Å². The Morgan fingerprint density at radius 2 is 1.65 bits per heavy atom. The number of ether oxygens (including phenoxy) is 1. The second-order valence-electron chi connectivity index (χ2n) is 8.16. The number of esters is 1. The van der Waals surface area contributed by atoms with Gasteiger partial charge in [0.1, 0.15) is 0 Å². The standard InChI is InChI=1S/C21H34N2O3/c1-16(20(25)26-7)15-23(14-8-13-22(5)6)19(24)17-9-11-18(12-10-17)21(2,3)4/h9-12,16H,8,13-15H2,1-7H3. The molecule has 0 aromatic heterocycles. The quantitative estimate of drug-likeness (QED) is 0.667. The summed E-state index contributed by atoms with van der Waals surface area (Å²) in [6.45, 7) is 10.1. The Kier molecular flexibility index (Phi) is 8.28. The van der Waals surface area contributed by atoms with E-state index in [4.69, 9.17) is 4.74 Å². The highest BCUT2D eigenvalue weighted by atomic mass is 16.5.